The number of hydrogen-bond acceptors (Lipinski definition) is 5. The maximum absolute atomic E-state index is 12.3. The molecular weight excluding hydrogens is 316 g/mol. The Labute approximate surface area is 136 Å². The van der Waals surface area contributed by atoms with Gasteiger partial charge >= 0.3 is 0 Å². The lowest BCUT2D eigenvalue weighted by atomic mass is 9.97. The monoisotopic (exact) mass is 336 g/mol. The van der Waals surface area contributed by atoms with Gasteiger partial charge in [0.25, 0.3) is 10.0 Å². The maximum Gasteiger partial charge on any atom is 0.264 e. The Morgan fingerprint density at radius 3 is 2.91 bits per heavy atom. The van der Waals surface area contributed by atoms with Gasteiger partial charge in [0.2, 0.25) is 5.91 Å². The second-order valence-electron chi connectivity index (χ2n) is 5.74. The number of nitrogens with one attached hydrogen (secondary N) is 1. The normalized spacial score (nSPS) is 18.2. The molecule has 1 heterocycles. The molecule has 23 heavy (non-hydrogen) atoms. The van der Waals surface area contributed by atoms with Gasteiger partial charge in [0.05, 0.1) is 16.5 Å². The first-order chi connectivity index (χ1) is 10.9. The van der Waals surface area contributed by atoms with Crippen molar-refractivity contribution < 1.29 is 17.9 Å². The third-order valence-electron chi connectivity index (χ3n) is 3.89. The molecular formula is C16H20N2O4S. The first kappa shape index (κ1) is 17.4. The van der Waals surface area contributed by atoms with Crippen LogP contribution >= 0.6 is 0 Å². The fraction of sp³-hybridized carbons (Fsp3) is 0.500. The Morgan fingerprint density at radius 2 is 2.26 bits per heavy atom. The van der Waals surface area contributed by atoms with Crippen LogP contribution in [0.4, 0.5) is 0 Å². The van der Waals surface area contributed by atoms with E-state index < -0.39 is 15.9 Å². The van der Waals surface area contributed by atoms with E-state index in [1.165, 1.54) is 6.07 Å². The van der Waals surface area contributed by atoms with Crippen LogP contribution in [-0.2, 0) is 19.6 Å². The molecule has 0 aliphatic carbocycles. The maximum atomic E-state index is 12.3. The molecule has 6 nitrogen and oxygen atoms in total. The molecule has 1 aromatic carbocycles. The van der Waals surface area contributed by atoms with E-state index in [2.05, 4.69) is 4.72 Å². The van der Waals surface area contributed by atoms with Crippen LogP contribution in [0.5, 0.6) is 0 Å². The van der Waals surface area contributed by atoms with Crippen LogP contribution in [0, 0.1) is 24.2 Å². The van der Waals surface area contributed by atoms with Gasteiger partial charge in [0.1, 0.15) is 0 Å². The van der Waals surface area contributed by atoms with E-state index in [-0.39, 0.29) is 16.9 Å². The third-order valence-corrected chi connectivity index (χ3v) is 5.40. The number of carbonyl (C=O) groups is 1. The van der Waals surface area contributed by atoms with Gasteiger partial charge in [0, 0.05) is 19.6 Å². The van der Waals surface area contributed by atoms with E-state index in [1.807, 2.05) is 6.07 Å². The Kier molecular flexibility index (Phi) is 5.74. The van der Waals surface area contributed by atoms with Crippen molar-refractivity contribution in [3.8, 4) is 6.07 Å². The minimum Gasteiger partial charge on any atom is -0.381 e. The number of benzene rings is 1. The van der Waals surface area contributed by atoms with E-state index in [0.717, 1.165) is 19.4 Å². The average Bonchev–Trinajstić information content (AvgIpc) is 2.54. The summed E-state index contributed by atoms with van der Waals surface area (Å²) in [6, 6.07) is 6.27. The minimum absolute atomic E-state index is 0.0362. The van der Waals surface area contributed by atoms with Crippen molar-refractivity contribution >= 4 is 15.9 Å². The predicted octanol–water partition coefficient (Wildman–Crippen LogP) is 1.88. The van der Waals surface area contributed by atoms with Crippen LogP contribution in [0.15, 0.2) is 23.1 Å². The van der Waals surface area contributed by atoms with Gasteiger partial charge in [-0.1, -0.05) is 6.07 Å². The summed E-state index contributed by atoms with van der Waals surface area (Å²) in [6.07, 6.45) is 2.73. The summed E-state index contributed by atoms with van der Waals surface area (Å²) < 4.78 is 32.1. The lowest BCUT2D eigenvalue weighted by Crippen LogP contribution is -2.31. The number of nitrogens with zero attached hydrogens (tertiary/aromatic N) is 1. The molecule has 7 heteroatoms. The number of hydrogen-bond donors (Lipinski definition) is 1. The molecule has 0 bridgehead atoms. The molecule has 1 fully saturated rings. The minimum atomic E-state index is -3.96. The van der Waals surface area contributed by atoms with E-state index in [9.17, 15) is 13.2 Å². The van der Waals surface area contributed by atoms with Gasteiger partial charge in [0.15, 0.2) is 0 Å². The summed E-state index contributed by atoms with van der Waals surface area (Å²) in [7, 11) is -3.96. The molecule has 124 valence electrons. The number of aryl methyl sites for hydroxylation is 1. The Hall–Kier alpha value is -1.91. The Bertz CT molecular complexity index is 716. The van der Waals surface area contributed by atoms with Crippen molar-refractivity contribution in [2.24, 2.45) is 5.92 Å². The molecule has 0 aromatic heterocycles. The Balaban J connectivity index is 2.00. The molecule has 1 amide bonds. The highest BCUT2D eigenvalue weighted by Gasteiger charge is 2.22. The first-order valence-corrected chi connectivity index (χ1v) is 9.05. The lowest BCUT2D eigenvalue weighted by molar-refractivity contribution is -0.119. The summed E-state index contributed by atoms with van der Waals surface area (Å²) in [4.78, 5) is 11.9. The number of amides is 1. The van der Waals surface area contributed by atoms with Gasteiger partial charge in [-0.15, -0.1) is 0 Å². The second kappa shape index (κ2) is 7.57. The number of carbonyl (C=O) groups excluding carboxylic acids is 1. The van der Waals surface area contributed by atoms with Crippen LogP contribution in [0.1, 0.15) is 36.8 Å². The van der Waals surface area contributed by atoms with Crippen LogP contribution in [0.2, 0.25) is 0 Å². The van der Waals surface area contributed by atoms with Gasteiger partial charge in [-0.3, -0.25) is 4.79 Å². The smallest absolute Gasteiger partial charge is 0.264 e. The topological polar surface area (TPSA) is 96.3 Å². The molecule has 1 aliphatic rings. The number of nitriles is 1. The van der Waals surface area contributed by atoms with E-state index in [4.69, 9.17) is 10.00 Å². The van der Waals surface area contributed by atoms with Crippen molar-refractivity contribution in [1.29, 1.82) is 5.26 Å². The predicted molar refractivity (Wildman–Crippen MR) is 84.0 cm³/mol. The number of rotatable bonds is 5. The van der Waals surface area contributed by atoms with E-state index >= 15 is 0 Å². The molecule has 2 rings (SSSR count). The third kappa shape index (κ3) is 4.78. The quantitative estimate of drug-likeness (QED) is 0.885. The summed E-state index contributed by atoms with van der Waals surface area (Å²) in [5, 5.41) is 8.88. The summed E-state index contributed by atoms with van der Waals surface area (Å²) >= 11 is 0. The van der Waals surface area contributed by atoms with Gasteiger partial charge in [-0.25, -0.2) is 13.1 Å². The highest BCUT2D eigenvalue weighted by Crippen LogP contribution is 2.20. The second-order valence-corrected chi connectivity index (χ2v) is 7.39. The standard InChI is InChI=1S/C16H20N2O4S/c1-12-4-5-14(10-17)9-15(12)23(20,21)18-16(19)7-6-13-3-2-8-22-11-13/h4-5,9,13H,2-3,6-8,11H2,1H3,(H,18,19)/t13-/m0/s1. The molecule has 1 atom stereocenters. The SMILES string of the molecule is Cc1ccc(C#N)cc1S(=O)(=O)NC(=O)CC[C@@H]1CCCOC1. The van der Waals surface area contributed by atoms with Crippen LogP contribution in [0.3, 0.4) is 0 Å². The number of sulfonamides is 1. The average molecular weight is 336 g/mol. The van der Waals surface area contributed by atoms with Crippen molar-refractivity contribution in [2.45, 2.75) is 37.5 Å². The first-order valence-electron chi connectivity index (χ1n) is 7.56. The number of ether oxygens (including phenoxy) is 1. The fourth-order valence-electron chi connectivity index (χ4n) is 2.59. The highest BCUT2D eigenvalue weighted by atomic mass is 32.2. The van der Waals surface area contributed by atoms with Crippen molar-refractivity contribution in [3.63, 3.8) is 0 Å². The molecule has 1 aliphatic heterocycles. The highest BCUT2D eigenvalue weighted by molar-refractivity contribution is 7.90. The Morgan fingerprint density at radius 1 is 1.48 bits per heavy atom. The molecule has 0 spiro atoms. The summed E-state index contributed by atoms with van der Waals surface area (Å²) in [5.74, 6) is -0.224. The van der Waals surface area contributed by atoms with E-state index in [0.29, 0.717) is 24.5 Å². The largest absolute Gasteiger partial charge is 0.381 e. The molecule has 1 saturated heterocycles. The molecule has 1 aromatic rings. The van der Waals surface area contributed by atoms with Gasteiger partial charge < -0.3 is 4.74 Å². The summed E-state index contributed by atoms with van der Waals surface area (Å²) in [5.41, 5.74) is 0.729. The van der Waals surface area contributed by atoms with Crippen LogP contribution < -0.4 is 4.72 Å². The van der Waals surface area contributed by atoms with E-state index in [1.54, 1.807) is 19.1 Å². The molecule has 1 N–H and O–H groups in total. The van der Waals surface area contributed by atoms with Crippen LogP contribution in [0.25, 0.3) is 0 Å². The molecule has 0 unspecified atom stereocenters. The van der Waals surface area contributed by atoms with Gasteiger partial charge in [-0.2, -0.15) is 5.26 Å². The molecule has 0 saturated carbocycles. The fourth-order valence-corrected chi connectivity index (χ4v) is 3.87. The zero-order valence-corrected chi connectivity index (χ0v) is 13.9. The van der Waals surface area contributed by atoms with Gasteiger partial charge in [-0.05, 0) is 49.8 Å². The van der Waals surface area contributed by atoms with Crippen molar-refractivity contribution in [1.82, 2.24) is 4.72 Å². The van der Waals surface area contributed by atoms with Crippen molar-refractivity contribution in [2.75, 3.05) is 13.2 Å². The summed E-state index contributed by atoms with van der Waals surface area (Å²) in [6.45, 7) is 3.01. The molecule has 0 radical (unpaired) electrons. The zero-order chi connectivity index (χ0) is 16.9. The lowest BCUT2D eigenvalue weighted by Gasteiger charge is -2.21. The van der Waals surface area contributed by atoms with Crippen molar-refractivity contribution in [3.05, 3.63) is 29.3 Å². The zero-order valence-electron chi connectivity index (χ0n) is 13.0. The van der Waals surface area contributed by atoms with Crippen LogP contribution in [-0.4, -0.2) is 27.5 Å².